The molecular weight excluding hydrogens is 179 g/mol. The van der Waals surface area contributed by atoms with Crippen LogP contribution >= 0.6 is 0 Å². The Kier molecular flexibility index (Phi) is 1.97. The van der Waals surface area contributed by atoms with Crippen LogP contribution in [-0.2, 0) is 0 Å². The quantitative estimate of drug-likeness (QED) is 0.507. The molecule has 0 aromatic rings. The average molecular weight is 184 g/mol. The fourth-order valence-electron chi connectivity index (χ4n) is 0.857. The van der Waals surface area contributed by atoms with Gasteiger partial charge in [0.25, 0.3) is 0 Å². The molecule has 1 rings (SSSR count). The van der Waals surface area contributed by atoms with Gasteiger partial charge in [0.1, 0.15) is 0 Å². The topological polar surface area (TPSA) is 0 Å². The lowest BCUT2D eigenvalue weighted by Crippen LogP contribution is -2.33. The van der Waals surface area contributed by atoms with Crippen LogP contribution in [0.3, 0.4) is 0 Å². The van der Waals surface area contributed by atoms with Crippen molar-refractivity contribution in [1.29, 1.82) is 0 Å². The van der Waals surface area contributed by atoms with Crippen LogP contribution in [0.15, 0.2) is 23.6 Å². The first-order valence-corrected chi connectivity index (χ1v) is 3.13. The van der Waals surface area contributed by atoms with Gasteiger partial charge < -0.3 is 0 Å². The van der Waals surface area contributed by atoms with Gasteiger partial charge in [0.15, 0.2) is 29.3 Å². The first-order valence-electron chi connectivity index (χ1n) is 3.13. The van der Waals surface area contributed by atoms with E-state index >= 15 is 0 Å². The van der Waals surface area contributed by atoms with Crippen LogP contribution in [0.25, 0.3) is 0 Å². The molecular formula is C7H5F5. The Bertz CT molecular complexity index is 263. The van der Waals surface area contributed by atoms with Crippen molar-refractivity contribution in [2.75, 3.05) is 0 Å². The molecule has 12 heavy (non-hydrogen) atoms. The summed E-state index contributed by atoms with van der Waals surface area (Å²) in [5.74, 6) is -5.69. The summed E-state index contributed by atoms with van der Waals surface area (Å²) in [6.45, 7) is 0.628. The summed E-state index contributed by atoms with van der Waals surface area (Å²) in [7, 11) is 0. The molecule has 0 amide bonds. The number of hydrogen-bond acceptors (Lipinski definition) is 0. The highest BCUT2D eigenvalue weighted by Gasteiger charge is 2.43. The van der Waals surface area contributed by atoms with Crippen LogP contribution in [0.2, 0.25) is 0 Å². The van der Waals surface area contributed by atoms with Gasteiger partial charge >= 0.3 is 0 Å². The predicted molar refractivity (Wildman–Crippen MR) is 32.8 cm³/mol. The van der Waals surface area contributed by atoms with E-state index in [2.05, 4.69) is 0 Å². The molecule has 68 valence electrons. The van der Waals surface area contributed by atoms with Crippen molar-refractivity contribution in [2.24, 2.45) is 0 Å². The first-order chi connectivity index (χ1) is 5.36. The Balaban J connectivity index is 3.15. The van der Waals surface area contributed by atoms with Crippen LogP contribution in [0.4, 0.5) is 22.0 Å². The van der Waals surface area contributed by atoms with Crippen molar-refractivity contribution in [3.63, 3.8) is 0 Å². The van der Waals surface area contributed by atoms with E-state index < -0.39 is 29.3 Å². The Morgan fingerprint density at radius 1 is 1.33 bits per heavy atom. The summed E-state index contributed by atoms with van der Waals surface area (Å²) in [5, 5.41) is 0. The van der Waals surface area contributed by atoms with E-state index in [1.54, 1.807) is 0 Å². The molecule has 2 atom stereocenters. The normalized spacial score (nSPS) is 36.8. The van der Waals surface area contributed by atoms with Gasteiger partial charge in [-0.3, -0.25) is 0 Å². The summed E-state index contributed by atoms with van der Waals surface area (Å²) in [4.78, 5) is 0. The number of hydrogen-bond donors (Lipinski definition) is 0. The molecule has 0 saturated heterocycles. The van der Waals surface area contributed by atoms with Crippen molar-refractivity contribution in [1.82, 2.24) is 0 Å². The predicted octanol–water partition coefficient (Wildman–Crippen LogP) is 3.07. The summed E-state index contributed by atoms with van der Waals surface area (Å²) in [6, 6.07) is 0. The lowest BCUT2D eigenvalue weighted by atomic mass is 9.96. The Morgan fingerprint density at radius 2 is 1.83 bits per heavy atom. The molecule has 0 aliphatic heterocycles. The zero-order valence-corrected chi connectivity index (χ0v) is 6.04. The van der Waals surface area contributed by atoms with Crippen molar-refractivity contribution >= 4 is 0 Å². The highest BCUT2D eigenvalue weighted by Crippen LogP contribution is 2.38. The van der Waals surface area contributed by atoms with E-state index in [0.29, 0.717) is 6.92 Å². The summed E-state index contributed by atoms with van der Waals surface area (Å²) < 4.78 is 62.1. The highest BCUT2D eigenvalue weighted by molar-refractivity contribution is 5.34. The minimum atomic E-state index is -2.82. The molecule has 0 bridgehead atoms. The van der Waals surface area contributed by atoms with Gasteiger partial charge in [-0.1, -0.05) is 0 Å². The largest absolute Gasteiger partial charge is 0.236 e. The van der Waals surface area contributed by atoms with Gasteiger partial charge in [-0.05, 0) is 13.0 Å². The number of rotatable bonds is 0. The number of halogens is 5. The van der Waals surface area contributed by atoms with E-state index in [0.717, 1.165) is 0 Å². The summed E-state index contributed by atoms with van der Waals surface area (Å²) in [6.07, 6.45) is -2.69. The first kappa shape index (κ1) is 9.22. The van der Waals surface area contributed by atoms with Crippen molar-refractivity contribution < 1.29 is 22.0 Å². The van der Waals surface area contributed by atoms with Crippen LogP contribution < -0.4 is 0 Å². The molecule has 0 aromatic carbocycles. The SMILES string of the molecule is CC1(F)C=C(F)C(F)=C(F)C1F. The smallest absolute Gasteiger partial charge is 0.193 e. The molecule has 5 heteroatoms. The molecule has 0 aromatic heterocycles. The molecule has 0 N–H and O–H groups in total. The van der Waals surface area contributed by atoms with Gasteiger partial charge in [0.2, 0.25) is 0 Å². The Labute approximate surface area is 65.4 Å². The highest BCUT2D eigenvalue weighted by atomic mass is 19.2. The van der Waals surface area contributed by atoms with E-state index in [4.69, 9.17) is 0 Å². The van der Waals surface area contributed by atoms with Crippen LogP contribution in [0.1, 0.15) is 6.92 Å². The Morgan fingerprint density at radius 3 is 2.33 bits per heavy atom. The van der Waals surface area contributed by atoms with E-state index in [1.165, 1.54) is 0 Å². The van der Waals surface area contributed by atoms with E-state index in [1.807, 2.05) is 0 Å². The second kappa shape index (κ2) is 2.57. The maximum Gasteiger partial charge on any atom is 0.193 e. The van der Waals surface area contributed by atoms with Gasteiger partial charge in [-0.25, -0.2) is 22.0 Å². The zero-order chi connectivity index (χ0) is 9.52. The summed E-state index contributed by atoms with van der Waals surface area (Å²) in [5.41, 5.74) is -2.82. The third kappa shape index (κ3) is 1.23. The average Bonchev–Trinajstić information content (AvgIpc) is 1.97. The van der Waals surface area contributed by atoms with Gasteiger partial charge in [0, 0.05) is 0 Å². The lowest BCUT2D eigenvalue weighted by molar-refractivity contribution is 0.108. The van der Waals surface area contributed by atoms with Gasteiger partial charge in [-0.15, -0.1) is 0 Å². The molecule has 0 heterocycles. The van der Waals surface area contributed by atoms with Crippen molar-refractivity contribution in [2.45, 2.75) is 18.8 Å². The molecule has 0 radical (unpaired) electrons. The Hall–Kier alpha value is -0.870. The second-order valence-electron chi connectivity index (χ2n) is 2.67. The fraction of sp³-hybridized carbons (Fsp3) is 0.429. The second-order valence-corrected chi connectivity index (χ2v) is 2.67. The molecule has 0 spiro atoms. The zero-order valence-electron chi connectivity index (χ0n) is 6.04. The van der Waals surface area contributed by atoms with E-state index in [9.17, 15) is 22.0 Å². The third-order valence-corrected chi connectivity index (χ3v) is 1.55. The number of alkyl halides is 2. The standard InChI is InChI=1S/C7H5F5/c1-7(12)2-3(8)4(9)5(10)6(7)11/h2,6H,1H3. The monoisotopic (exact) mass is 184 g/mol. The van der Waals surface area contributed by atoms with Crippen LogP contribution in [0.5, 0.6) is 0 Å². The maximum absolute atomic E-state index is 12.8. The summed E-state index contributed by atoms with van der Waals surface area (Å²) >= 11 is 0. The molecule has 0 nitrogen and oxygen atoms in total. The molecule has 1 aliphatic carbocycles. The van der Waals surface area contributed by atoms with Crippen LogP contribution in [0, 0.1) is 0 Å². The molecule has 0 saturated carbocycles. The van der Waals surface area contributed by atoms with Gasteiger partial charge in [0.05, 0.1) is 0 Å². The van der Waals surface area contributed by atoms with E-state index in [-0.39, 0.29) is 6.08 Å². The van der Waals surface area contributed by atoms with Gasteiger partial charge in [-0.2, -0.15) is 0 Å². The van der Waals surface area contributed by atoms with Crippen molar-refractivity contribution in [3.8, 4) is 0 Å². The maximum atomic E-state index is 12.8. The fourth-order valence-corrected chi connectivity index (χ4v) is 0.857. The van der Waals surface area contributed by atoms with Crippen molar-refractivity contribution in [3.05, 3.63) is 23.6 Å². The van der Waals surface area contributed by atoms with Crippen LogP contribution in [-0.4, -0.2) is 11.8 Å². The number of allylic oxidation sites excluding steroid dienone is 4. The molecule has 2 unspecified atom stereocenters. The third-order valence-electron chi connectivity index (χ3n) is 1.55. The molecule has 1 aliphatic rings. The minimum Gasteiger partial charge on any atom is -0.236 e. The lowest BCUT2D eigenvalue weighted by Gasteiger charge is -2.23. The molecule has 0 fully saturated rings. The minimum absolute atomic E-state index is 0.0794.